The number of amides is 1. The summed E-state index contributed by atoms with van der Waals surface area (Å²) < 4.78 is 38.1. The molecule has 1 aliphatic rings. The molecule has 33 heavy (non-hydrogen) atoms. The Balaban J connectivity index is 1.27. The molecule has 0 bridgehead atoms. The lowest BCUT2D eigenvalue weighted by Crippen LogP contribution is -2.46. The second-order valence-electron chi connectivity index (χ2n) is 8.33. The number of hydrogen-bond donors (Lipinski definition) is 1. The third kappa shape index (κ3) is 5.44. The molecule has 5 nitrogen and oxygen atoms in total. The molecule has 10 heteroatoms. The van der Waals surface area contributed by atoms with E-state index in [1.54, 1.807) is 11.3 Å². The predicted octanol–water partition coefficient (Wildman–Crippen LogP) is 6.01. The molecule has 1 saturated carbocycles. The normalized spacial score (nSPS) is 18.4. The van der Waals surface area contributed by atoms with Crippen LogP contribution in [0.3, 0.4) is 0 Å². The maximum Gasteiger partial charge on any atom is 0.416 e. The van der Waals surface area contributed by atoms with Crippen molar-refractivity contribution in [3.05, 3.63) is 51.5 Å². The Kier molecular flexibility index (Phi) is 6.88. The average molecular weight is 495 g/mol. The Labute approximate surface area is 198 Å². The summed E-state index contributed by atoms with van der Waals surface area (Å²) in [6.07, 6.45) is -2.01. The zero-order chi connectivity index (χ0) is 23.8. The highest BCUT2D eigenvalue weighted by Gasteiger charge is 2.37. The number of carbonyl (C=O) groups is 1. The number of alkyl halides is 3. The maximum atomic E-state index is 12.7. The van der Waals surface area contributed by atoms with Crippen LogP contribution < -0.4 is 5.32 Å². The van der Waals surface area contributed by atoms with Gasteiger partial charge in [0.25, 0.3) is 0 Å². The minimum atomic E-state index is -4.32. The standard InChI is InChI=1S/C23H25F3N4OS2/c1-4-19-27-13(2)20(33-19)18-12-32-22(28-18)29-21(31)15-9-17(10-15)30(3)11-14-5-7-16(8-6-14)23(24,25)26/h5-8,12,15,17H,4,9-11H2,1-3H3,(H,28,29,31)/t15-,17+. The zero-order valence-electron chi connectivity index (χ0n) is 18.6. The number of thiazole rings is 2. The van der Waals surface area contributed by atoms with Gasteiger partial charge in [0.1, 0.15) is 0 Å². The highest BCUT2D eigenvalue weighted by molar-refractivity contribution is 7.17. The van der Waals surface area contributed by atoms with Gasteiger partial charge in [0.05, 0.1) is 26.8 Å². The summed E-state index contributed by atoms with van der Waals surface area (Å²) in [6.45, 7) is 4.58. The Hall–Kier alpha value is -2.30. The highest BCUT2D eigenvalue weighted by Crippen LogP contribution is 2.36. The average Bonchev–Trinajstić information content (AvgIpc) is 3.32. The van der Waals surface area contributed by atoms with Gasteiger partial charge in [-0.1, -0.05) is 19.1 Å². The van der Waals surface area contributed by atoms with Crippen molar-refractivity contribution >= 4 is 33.7 Å². The van der Waals surface area contributed by atoms with E-state index in [1.807, 2.05) is 19.4 Å². The third-order valence-electron chi connectivity index (χ3n) is 5.93. The van der Waals surface area contributed by atoms with Crippen LogP contribution in [0.2, 0.25) is 0 Å². The first kappa shape index (κ1) is 23.8. The smallest absolute Gasteiger partial charge is 0.302 e. The number of hydrogen-bond acceptors (Lipinski definition) is 6. The number of nitrogens with one attached hydrogen (secondary N) is 1. The molecular formula is C23H25F3N4OS2. The molecule has 0 radical (unpaired) electrons. The second-order valence-corrected chi connectivity index (χ2v) is 10.3. The summed E-state index contributed by atoms with van der Waals surface area (Å²) in [5, 5.41) is 6.53. The Morgan fingerprint density at radius 1 is 1.21 bits per heavy atom. The van der Waals surface area contributed by atoms with Crippen LogP contribution in [0.4, 0.5) is 18.3 Å². The van der Waals surface area contributed by atoms with Gasteiger partial charge in [-0.05, 0) is 50.9 Å². The Morgan fingerprint density at radius 3 is 2.52 bits per heavy atom. The third-order valence-corrected chi connectivity index (χ3v) is 8.01. The van der Waals surface area contributed by atoms with E-state index in [4.69, 9.17) is 0 Å². The van der Waals surface area contributed by atoms with E-state index in [-0.39, 0.29) is 17.9 Å². The number of benzene rings is 1. The van der Waals surface area contributed by atoms with Gasteiger partial charge >= 0.3 is 6.18 Å². The number of aromatic nitrogens is 2. The van der Waals surface area contributed by atoms with Crippen LogP contribution in [0.1, 0.15) is 41.6 Å². The first-order chi connectivity index (χ1) is 15.6. The first-order valence-electron chi connectivity index (χ1n) is 10.7. The summed E-state index contributed by atoms with van der Waals surface area (Å²) in [5.41, 5.74) is 1.97. The summed E-state index contributed by atoms with van der Waals surface area (Å²) >= 11 is 3.04. The molecule has 0 atom stereocenters. The minimum absolute atomic E-state index is 0.0367. The van der Waals surface area contributed by atoms with Crippen LogP contribution in [0.15, 0.2) is 29.6 Å². The molecule has 2 aromatic heterocycles. The molecule has 0 unspecified atom stereocenters. The van der Waals surface area contributed by atoms with Crippen LogP contribution >= 0.6 is 22.7 Å². The summed E-state index contributed by atoms with van der Waals surface area (Å²) in [7, 11) is 1.94. The largest absolute Gasteiger partial charge is 0.416 e. The molecule has 1 amide bonds. The van der Waals surface area contributed by atoms with Crippen molar-refractivity contribution in [3.63, 3.8) is 0 Å². The quantitative estimate of drug-likeness (QED) is 0.437. The molecule has 0 spiro atoms. The zero-order valence-corrected chi connectivity index (χ0v) is 20.2. The van der Waals surface area contributed by atoms with E-state index >= 15 is 0 Å². The van der Waals surface area contributed by atoms with Crippen molar-refractivity contribution in [1.29, 1.82) is 0 Å². The van der Waals surface area contributed by atoms with E-state index in [2.05, 4.69) is 27.1 Å². The number of nitrogens with zero attached hydrogens (tertiary/aromatic N) is 3. The molecule has 1 aromatic carbocycles. The van der Waals surface area contributed by atoms with Gasteiger partial charge in [-0.15, -0.1) is 22.7 Å². The molecule has 2 heterocycles. The van der Waals surface area contributed by atoms with Crippen LogP contribution in [-0.2, 0) is 23.9 Å². The molecule has 1 N–H and O–H groups in total. The van der Waals surface area contributed by atoms with E-state index in [1.165, 1.54) is 23.5 Å². The van der Waals surface area contributed by atoms with E-state index < -0.39 is 11.7 Å². The van der Waals surface area contributed by atoms with Gasteiger partial charge in [0.15, 0.2) is 5.13 Å². The van der Waals surface area contributed by atoms with Crippen molar-refractivity contribution in [1.82, 2.24) is 14.9 Å². The molecule has 0 aliphatic heterocycles. The summed E-state index contributed by atoms with van der Waals surface area (Å²) in [6, 6.07) is 5.47. The second kappa shape index (κ2) is 9.52. The molecule has 4 rings (SSSR count). The molecule has 3 aromatic rings. The van der Waals surface area contributed by atoms with Crippen LogP contribution in [0.25, 0.3) is 10.6 Å². The van der Waals surface area contributed by atoms with Crippen LogP contribution in [0, 0.1) is 12.8 Å². The van der Waals surface area contributed by atoms with Crippen molar-refractivity contribution < 1.29 is 18.0 Å². The lowest BCUT2D eigenvalue weighted by atomic mass is 9.78. The number of carbonyl (C=O) groups excluding carboxylic acids is 1. The lowest BCUT2D eigenvalue weighted by Gasteiger charge is -2.40. The number of anilines is 1. The van der Waals surface area contributed by atoms with E-state index in [0.717, 1.165) is 58.2 Å². The first-order valence-corrected chi connectivity index (χ1v) is 12.4. The molecular weight excluding hydrogens is 469 g/mol. The fourth-order valence-electron chi connectivity index (χ4n) is 3.86. The topological polar surface area (TPSA) is 58.1 Å². The summed E-state index contributed by atoms with van der Waals surface area (Å²) in [5.74, 6) is -0.125. The van der Waals surface area contributed by atoms with Crippen LogP contribution in [-0.4, -0.2) is 33.9 Å². The monoisotopic (exact) mass is 494 g/mol. The number of halogens is 3. The molecule has 1 aliphatic carbocycles. The van der Waals surface area contributed by atoms with Crippen molar-refractivity contribution in [2.75, 3.05) is 12.4 Å². The van der Waals surface area contributed by atoms with E-state index in [9.17, 15) is 18.0 Å². The predicted molar refractivity (Wildman–Crippen MR) is 125 cm³/mol. The number of rotatable bonds is 7. The van der Waals surface area contributed by atoms with E-state index in [0.29, 0.717) is 11.7 Å². The highest BCUT2D eigenvalue weighted by atomic mass is 32.1. The SMILES string of the molecule is CCc1nc(C)c(-c2csc(NC(=O)[C@H]3C[C@@H](N(C)Cc4ccc(C(F)(F)F)cc4)C3)n2)s1. The molecule has 176 valence electrons. The van der Waals surface area contributed by atoms with Crippen LogP contribution in [0.5, 0.6) is 0 Å². The van der Waals surface area contributed by atoms with Gasteiger partial charge in [0.2, 0.25) is 5.91 Å². The Bertz CT molecular complexity index is 1120. The van der Waals surface area contributed by atoms with Gasteiger partial charge in [-0.2, -0.15) is 13.2 Å². The van der Waals surface area contributed by atoms with Crippen molar-refractivity contribution in [2.24, 2.45) is 5.92 Å². The molecule has 1 fully saturated rings. The lowest BCUT2D eigenvalue weighted by molar-refractivity contribution is -0.137. The maximum absolute atomic E-state index is 12.7. The summed E-state index contributed by atoms with van der Waals surface area (Å²) in [4.78, 5) is 24.9. The van der Waals surface area contributed by atoms with Crippen molar-refractivity contribution in [2.45, 2.75) is 51.9 Å². The van der Waals surface area contributed by atoms with Gasteiger partial charge in [-0.3, -0.25) is 9.69 Å². The number of aryl methyl sites for hydroxylation is 2. The van der Waals surface area contributed by atoms with Gasteiger partial charge < -0.3 is 5.32 Å². The fourth-order valence-corrected chi connectivity index (χ4v) is 5.61. The van der Waals surface area contributed by atoms with Crippen molar-refractivity contribution in [3.8, 4) is 10.6 Å². The Morgan fingerprint density at radius 2 is 1.91 bits per heavy atom. The minimum Gasteiger partial charge on any atom is -0.302 e. The molecule has 0 saturated heterocycles. The fraction of sp³-hybridized carbons (Fsp3) is 0.435. The van der Waals surface area contributed by atoms with Gasteiger partial charge in [-0.25, -0.2) is 9.97 Å². The van der Waals surface area contributed by atoms with Gasteiger partial charge in [0, 0.05) is 23.9 Å².